The maximum atomic E-state index is 5.81. The predicted molar refractivity (Wildman–Crippen MR) is 64.3 cm³/mol. The van der Waals surface area contributed by atoms with Gasteiger partial charge in [-0.25, -0.2) is 0 Å². The van der Waals surface area contributed by atoms with Crippen molar-refractivity contribution in [3.8, 4) is 0 Å². The SMILES string of the molecule is CCC(C)SC(CN)C(CC)CC. The summed E-state index contributed by atoms with van der Waals surface area (Å²) in [6, 6.07) is 0. The maximum absolute atomic E-state index is 5.81. The van der Waals surface area contributed by atoms with Gasteiger partial charge in [0.1, 0.15) is 0 Å². The summed E-state index contributed by atoms with van der Waals surface area (Å²) in [6.07, 6.45) is 3.78. The highest BCUT2D eigenvalue weighted by atomic mass is 32.2. The lowest BCUT2D eigenvalue weighted by Crippen LogP contribution is -2.27. The molecule has 2 N–H and O–H groups in total. The van der Waals surface area contributed by atoms with E-state index in [2.05, 4.69) is 39.5 Å². The summed E-state index contributed by atoms with van der Waals surface area (Å²) < 4.78 is 0. The molecule has 0 aromatic heterocycles. The molecule has 13 heavy (non-hydrogen) atoms. The second-order valence-electron chi connectivity index (χ2n) is 3.71. The zero-order chi connectivity index (χ0) is 10.3. The average Bonchev–Trinajstić information content (AvgIpc) is 2.17. The van der Waals surface area contributed by atoms with Gasteiger partial charge in [0.2, 0.25) is 0 Å². The summed E-state index contributed by atoms with van der Waals surface area (Å²) in [5.41, 5.74) is 5.81. The first kappa shape index (κ1) is 13.3. The molecule has 0 rings (SSSR count). The predicted octanol–water partition coefficient (Wildman–Crippen LogP) is 3.28. The van der Waals surface area contributed by atoms with Crippen molar-refractivity contribution in [1.82, 2.24) is 0 Å². The fourth-order valence-corrected chi connectivity index (χ4v) is 3.08. The van der Waals surface area contributed by atoms with Gasteiger partial charge in [-0.3, -0.25) is 0 Å². The second kappa shape index (κ2) is 7.69. The summed E-state index contributed by atoms with van der Waals surface area (Å²) in [4.78, 5) is 0. The van der Waals surface area contributed by atoms with Gasteiger partial charge in [0.15, 0.2) is 0 Å². The molecule has 0 aliphatic carbocycles. The Morgan fingerprint density at radius 2 is 1.62 bits per heavy atom. The molecule has 0 amide bonds. The molecule has 0 saturated carbocycles. The van der Waals surface area contributed by atoms with Crippen molar-refractivity contribution < 1.29 is 0 Å². The molecule has 2 atom stereocenters. The van der Waals surface area contributed by atoms with Gasteiger partial charge in [-0.2, -0.15) is 11.8 Å². The minimum Gasteiger partial charge on any atom is -0.329 e. The van der Waals surface area contributed by atoms with E-state index in [1.54, 1.807) is 0 Å². The van der Waals surface area contributed by atoms with Gasteiger partial charge in [0, 0.05) is 17.0 Å². The second-order valence-corrected chi connectivity index (χ2v) is 5.39. The summed E-state index contributed by atoms with van der Waals surface area (Å²) in [7, 11) is 0. The molecule has 80 valence electrons. The molecular weight excluding hydrogens is 178 g/mol. The Hall–Kier alpha value is 0.310. The first-order valence-electron chi connectivity index (χ1n) is 5.54. The standard InChI is InChI=1S/C11H25NS/c1-5-9(4)13-11(8-12)10(6-2)7-3/h9-11H,5-8,12H2,1-4H3. The Balaban J connectivity index is 3.98. The van der Waals surface area contributed by atoms with Crippen LogP contribution in [0.3, 0.4) is 0 Å². The molecule has 0 heterocycles. The third-order valence-corrected chi connectivity index (χ3v) is 4.51. The number of nitrogens with two attached hydrogens (primary N) is 1. The average molecular weight is 203 g/mol. The van der Waals surface area contributed by atoms with Gasteiger partial charge in [-0.05, 0) is 12.3 Å². The van der Waals surface area contributed by atoms with E-state index in [9.17, 15) is 0 Å². The van der Waals surface area contributed by atoms with Crippen LogP contribution in [-0.4, -0.2) is 17.0 Å². The Kier molecular flexibility index (Phi) is 7.87. The summed E-state index contributed by atoms with van der Waals surface area (Å²) in [5, 5.41) is 1.43. The molecule has 0 radical (unpaired) electrons. The first-order chi connectivity index (χ1) is 6.19. The van der Waals surface area contributed by atoms with Crippen molar-refractivity contribution in [3.63, 3.8) is 0 Å². The maximum Gasteiger partial charge on any atom is 0.0200 e. The molecule has 0 aliphatic rings. The van der Waals surface area contributed by atoms with E-state index in [4.69, 9.17) is 5.73 Å². The quantitative estimate of drug-likeness (QED) is 0.687. The highest BCUT2D eigenvalue weighted by Gasteiger charge is 2.19. The molecule has 2 unspecified atom stereocenters. The fourth-order valence-electron chi connectivity index (χ4n) is 1.57. The summed E-state index contributed by atoms with van der Waals surface area (Å²) in [5.74, 6) is 0.809. The van der Waals surface area contributed by atoms with Crippen molar-refractivity contribution in [2.75, 3.05) is 6.54 Å². The van der Waals surface area contributed by atoms with Crippen molar-refractivity contribution >= 4 is 11.8 Å². The van der Waals surface area contributed by atoms with Crippen molar-refractivity contribution in [3.05, 3.63) is 0 Å². The molecular formula is C11H25NS. The van der Waals surface area contributed by atoms with E-state index in [1.807, 2.05) is 0 Å². The Bertz CT molecular complexity index is 113. The Morgan fingerprint density at radius 1 is 1.08 bits per heavy atom. The number of hydrogen-bond acceptors (Lipinski definition) is 2. The van der Waals surface area contributed by atoms with Crippen molar-refractivity contribution in [2.45, 2.75) is 57.5 Å². The van der Waals surface area contributed by atoms with Crippen LogP contribution in [0, 0.1) is 5.92 Å². The van der Waals surface area contributed by atoms with E-state index in [-0.39, 0.29) is 0 Å². The molecule has 0 aliphatic heterocycles. The van der Waals surface area contributed by atoms with Gasteiger partial charge in [0.25, 0.3) is 0 Å². The van der Waals surface area contributed by atoms with E-state index in [1.165, 1.54) is 19.3 Å². The lowest BCUT2D eigenvalue weighted by molar-refractivity contribution is 0.474. The molecule has 0 aromatic rings. The van der Waals surface area contributed by atoms with Gasteiger partial charge in [-0.1, -0.05) is 40.5 Å². The third kappa shape index (κ3) is 4.92. The lowest BCUT2D eigenvalue weighted by atomic mass is 9.99. The first-order valence-corrected chi connectivity index (χ1v) is 6.49. The Labute approximate surface area is 87.9 Å². The van der Waals surface area contributed by atoms with Gasteiger partial charge < -0.3 is 5.73 Å². The van der Waals surface area contributed by atoms with Crippen LogP contribution in [0.15, 0.2) is 0 Å². The topological polar surface area (TPSA) is 26.0 Å². The number of hydrogen-bond donors (Lipinski definition) is 1. The van der Waals surface area contributed by atoms with E-state index >= 15 is 0 Å². The minimum absolute atomic E-state index is 0.671. The lowest BCUT2D eigenvalue weighted by Gasteiger charge is -2.25. The zero-order valence-corrected chi connectivity index (χ0v) is 10.4. The van der Waals surface area contributed by atoms with Gasteiger partial charge in [0.05, 0.1) is 0 Å². The molecule has 0 spiro atoms. The van der Waals surface area contributed by atoms with Crippen LogP contribution in [0.5, 0.6) is 0 Å². The van der Waals surface area contributed by atoms with Gasteiger partial charge >= 0.3 is 0 Å². The van der Waals surface area contributed by atoms with E-state index in [0.717, 1.165) is 17.7 Å². The van der Waals surface area contributed by atoms with Crippen LogP contribution in [-0.2, 0) is 0 Å². The van der Waals surface area contributed by atoms with Crippen molar-refractivity contribution in [2.24, 2.45) is 11.7 Å². The monoisotopic (exact) mass is 203 g/mol. The van der Waals surface area contributed by atoms with Crippen LogP contribution < -0.4 is 5.73 Å². The zero-order valence-electron chi connectivity index (χ0n) is 9.55. The number of thioether (sulfide) groups is 1. The number of rotatable bonds is 7. The van der Waals surface area contributed by atoms with Crippen LogP contribution in [0.2, 0.25) is 0 Å². The van der Waals surface area contributed by atoms with E-state index < -0.39 is 0 Å². The normalized spacial score (nSPS) is 16.2. The smallest absolute Gasteiger partial charge is 0.0200 e. The van der Waals surface area contributed by atoms with Crippen LogP contribution in [0.25, 0.3) is 0 Å². The molecule has 0 aromatic carbocycles. The Morgan fingerprint density at radius 3 is 1.92 bits per heavy atom. The minimum atomic E-state index is 0.671. The van der Waals surface area contributed by atoms with Crippen LogP contribution in [0.1, 0.15) is 47.0 Å². The summed E-state index contributed by atoms with van der Waals surface area (Å²) in [6.45, 7) is 9.93. The molecule has 1 nitrogen and oxygen atoms in total. The molecule has 0 fully saturated rings. The molecule has 2 heteroatoms. The highest BCUT2D eigenvalue weighted by Crippen LogP contribution is 2.28. The van der Waals surface area contributed by atoms with Gasteiger partial charge in [-0.15, -0.1) is 0 Å². The van der Waals surface area contributed by atoms with Crippen molar-refractivity contribution in [1.29, 1.82) is 0 Å². The van der Waals surface area contributed by atoms with Crippen LogP contribution in [0.4, 0.5) is 0 Å². The fraction of sp³-hybridized carbons (Fsp3) is 1.00. The largest absolute Gasteiger partial charge is 0.329 e. The highest BCUT2D eigenvalue weighted by molar-refractivity contribution is 8.00. The molecule has 0 bridgehead atoms. The van der Waals surface area contributed by atoms with E-state index in [0.29, 0.717) is 5.25 Å². The third-order valence-electron chi connectivity index (χ3n) is 2.79. The molecule has 0 saturated heterocycles. The summed E-state index contributed by atoms with van der Waals surface area (Å²) >= 11 is 2.08. The van der Waals surface area contributed by atoms with Crippen LogP contribution >= 0.6 is 11.8 Å².